The molecular weight excluding hydrogens is 385 g/mol. The van der Waals surface area contributed by atoms with Gasteiger partial charge in [0.25, 0.3) is 0 Å². The van der Waals surface area contributed by atoms with Gasteiger partial charge in [-0.1, -0.05) is 35.3 Å². The molecule has 6 heteroatoms. The summed E-state index contributed by atoms with van der Waals surface area (Å²) >= 11 is 12.2. The lowest BCUT2D eigenvalue weighted by Crippen LogP contribution is -2.22. The van der Waals surface area contributed by atoms with Gasteiger partial charge in [0.2, 0.25) is 0 Å². The molecule has 4 aromatic rings. The molecule has 0 aliphatic carbocycles. The van der Waals surface area contributed by atoms with Gasteiger partial charge in [0.1, 0.15) is 11.5 Å². The van der Waals surface area contributed by atoms with Gasteiger partial charge in [0, 0.05) is 26.6 Å². The molecule has 0 aliphatic heterocycles. The summed E-state index contributed by atoms with van der Waals surface area (Å²) in [6.07, 6.45) is 0. The Morgan fingerprint density at radius 1 is 1.00 bits per heavy atom. The van der Waals surface area contributed by atoms with Gasteiger partial charge < -0.3 is 14.3 Å². The van der Waals surface area contributed by atoms with Gasteiger partial charge in [-0.15, -0.1) is 0 Å². The number of pyridine rings is 1. The lowest BCUT2D eigenvalue weighted by atomic mass is 10.1. The van der Waals surface area contributed by atoms with E-state index in [1.807, 2.05) is 25.1 Å². The SMILES string of the molecule is Cc1ccc(-c2ccc(-c3cc(C(=O)[O-])c4cc(Cl)ccc4n3)o2)cc1Cl. The summed E-state index contributed by atoms with van der Waals surface area (Å²) in [4.78, 5) is 16.1. The molecule has 134 valence electrons. The van der Waals surface area contributed by atoms with E-state index in [1.54, 1.807) is 30.3 Å². The third kappa shape index (κ3) is 3.29. The van der Waals surface area contributed by atoms with Crippen molar-refractivity contribution in [1.82, 2.24) is 4.98 Å². The first-order valence-electron chi connectivity index (χ1n) is 8.11. The van der Waals surface area contributed by atoms with Crippen LogP contribution in [0.25, 0.3) is 33.7 Å². The standard InChI is InChI=1S/C21H13Cl2NO3/c1-11-2-3-12(8-16(11)23)19-6-7-20(27-19)18-10-15(21(25)26)14-9-13(22)4-5-17(14)24-18/h2-10H,1H3,(H,25,26)/p-1. The van der Waals surface area contributed by atoms with Gasteiger partial charge in [-0.25, -0.2) is 4.98 Å². The molecule has 4 nitrogen and oxygen atoms in total. The number of carbonyl (C=O) groups excluding carboxylic acids is 1. The van der Waals surface area contributed by atoms with Crippen LogP contribution in [-0.2, 0) is 0 Å². The van der Waals surface area contributed by atoms with Crippen molar-refractivity contribution in [2.75, 3.05) is 0 Å². The van der Waals surface area contributed by atoms with E-state index in [2.05, 4.69) is 4.98 Å². The molecule has 0 aliphatic rings. The molecule has 0 fully saturated rings. The first kappa shape index (κ1) is 17.6. The van der Waals surface area contributed by atoms with E-state index in [9.17, 15) is 9.90 Å². The van der Waals surface area contributed by atoms with Gasteiger partial charge in [-0.3, -0.25) is 0 Å². The Kier molecular flexibility index (Phi) is 4.38. The van der Waals surface area contributed by atoms with Crippen molar-refractivity contribution in [2.24, 2.45) is 0 Å². The second-order valence-corrected chi connectivity index (χ2v) is 6.98. The van der Waals surface area contributed by atoms with Crippen LogP contribution in [0, 0.1) is 6.92 Å². The number of benzene rings is 2. The predicted molar refractivity (Wildman–Crippen MR) is 104 cm³/mol. The van der Waals surface area contributed by atoms with Crippen LogP contribution in [0.2, 0.25) is 10.0 Å². The van der Waals surface area contributed by atoms with Crippen LogP contribution in [0.5, 0.6) is 0 Å². The Morgan fingerprint density at radius 2 is 1.78 bits per heavy atom. The minimum Gasteiger partial charge on any atom is -0.545 e. The molecule has 0 saturated heterocycles. The average molecular weight is 397 g/mol. The van der Waals surface area contributed by atoms with E-state index in [1.165, 1.54) is 6.07 Å². The highest BCUT2D eigenvalue weighted by Gasteiger charge is 2.13. The van der Waals surface area contributed by atoms with Crippen LogP contribution in [0.3, 0.4) is 0 Å². The van der Waals surface area contributed by atoms with Crippen molar-refractivity contribution in [3.8, 4) is 22.8 Å². The fourth-order valence-electron chi connectivity index (χ4n) is 2.87. The highest BCUT2D eigenvalue weighted by Crippen LogP contribution is 2.32. The number of carboxylic acid groups (broad SMARTS) is 1. The number of rotatable bonds is 3. The van der Waals surface area contributed by atoms with Gasteiger partial charge in [0.05, 0.1) is 11.5 Å². The number of fused-ring (bicyclic) bond motifs is 1. The largest absolute Gasteiger partial charge is 0.545 e. The van der Waals surface area contributed by atoms with Crippen LogP contribution in [-0.4, -0.2) is 11.0 Å². The predicted octanol–water partition coefficient (Wildman–Crippen LogP) is 5.14. The van der Waals surface area contributed by atoms with E-state index in [4.69, 9.17) is 27.6 Å². The van der Waals surface area contributed by atoms with Crippen molar-refractivity contribution >= 4 is 40.1 Å². The zero-order valence-electron chi connectivity index (χ0n) is 14.1. The van der Waals surface area contributed by atoms with Gasteiger partial charge in [-0.05, 0) is 55.0 Å². The minimum absolute atomic E-state index is 0.00818. The highest BCUT2D eigenvalue weighted by molar-refractivity contribution is 6.32. The summed E-state index contributed by atoms with van der Waals surface area (Å²) in [7, 11) is 0. The number of aromatic nitrogens is 1. The molecule has 4 rings (SSSR count). The monoisotopic (exact) mass is 396 g/mol. The summed E-state index contributed by atoms with van der Waals surface area (Å²) in [5, 5.41) is 13.1. The molecule has 2 aromatic heterocycles. The van der Waals surface area contributed by atoms with Crippen LogP contribution in [0.15, 0.2) is 59.0 Å². The Hall–Kier alpha value is -2.82. The molecule has 0 saturated carbocycles. The van der Waals surface area contributed by atoms with Crippen molar-refractivity contribution in [2.45, 2.75) is 6.92 Å². The molecule has 0 unspecified atom stereocenters. The first-order valence-corrected chi connectivity index (χ1v) is 8.86. The number of hydrogen-bond acceptors (Lipinski definition) is 4. The number of hydrogen-bond donors (Lipinski definition) is 0. The van der Waals surface area contributed by atoms with Crippen molar-refractivity contribution < 1.29 is 14.3 Å². The summed E-state index contributed by atoms with van der Waals surface area (Å²) in [6, 6.07) is 15.5. The number of aromatic carboxylic acids is 1. The van der Waals surface area contributed by atoms with Gasteiger partial charge in [0.15, 0.2) is 5.76 Å². The lowest BCUT2D eigenvalue weighted by molar-refractivity contribution is -0.254. The summed E-state index contributed by atoms with van der Waals surface area (Å²) in [6.45, 7) is 1.92. The summed E-state index contributed by atoms with van der Waals surface area (Å²) in [5.41, 5.74) is 2.69. The normalized spacial score (nSPS) is 11.1. The molecule has 0 radical (unpaired) electrons. The number of carbonyl (C=O) groups is 1. The molecule has 0 amide bonds. The molecule has 2 aromatic carbocycles. The number of aryl methyl sites for hydroxylation is 1. The van der Waals surface area contributed by atoms with Crippen LogP contribution in [0.1, 0.15) is 15.9 Å². The van der Waals surface area contributed by atoms with E-state index in [0.29, 0.717) is 38.2 Å². The molecular formula is C21H12Cl2NO3-. The summed E-state index contributed by atoms with van der Waals surface area (Å²) in [5.74, 6) is -0.246. The Morgan fingerprint density at radius 3 is 2.52 bits per heavy atom. The Bertz CT molecular complexity index is 1200. The minimum atomic E-state index is -1.30. The topological polar surface area (TPSA) is 66.2 Å². The average Bonchev–Trinajstić information content (AvgIpc) is 3.13. The van der Waals surface area contributed by atoms with Crippen molar-refractivity contribution in [1.29, 1.82) is 0 Å². The number of carboxylic acids is 1. The second kappa shape index (κ2) is 6.72. The maximum atomic E-state index is 11.6. The van der Waals surface area contributed by atoms with Crippen molar-refractivity contribution in [3.63, 3.8) is 0 Å². The highest BCUT2D eigenvalue weighted by atomic mass is 35.5. The van der Waals surface area contributed by atoms with E-state index < -0.39 is 5.97 Å². The number of furan rings is 1. The lowest BCUT2D eigenvalue weighted by Gasteiger charge is -2.09. The molecule has 0 spiro atoms. The quantitative estimate of drug-likeness (QED) is 0.480. The maximum Gasteiger partial charge on any atom is 0.153 e. The van der Waals surface area contributed by atoms with Gasteiger partial charge in [-0.2, -0.15) is 0 Å². The third-order valence-electron chi connectivity index (χ3n) is 4.31. The van der Waals surface area contributed by atoms with Gasteiger partial charge >= 0.3 is 0 Å². The molecule has 0 bridgehead atoms. The zero-order chi connectivity index (χ0) is 19.1. The Labute approximate surface area is 165 Å². The second-order valence-electron chi connectivity index (χ2n) is 6.13. The molecule has 27 heavy (non-hydrogen) atoms. The van der Waals surface area contributed by atoms with E-state index >= 15 is 0 Å². The molecule has 0 atom stereocenters. The fraction of sp³-hybridized carbons (Fsp3) is 0.0476. The fourth-order valence-corrected chi connectivity index (χ4v) is 3.22. The van der Waals surface area contributed by atoms with E-state index in [0.717, 1.165) is 11.1 Å². The Balaban J connectivity index is 1.83. The van der Waals surface area contributed by atoms with Crippen molar-refractivity contribution in [3.05, 3.63) is 75.8 Å². The van der Waals surface area contributed by atoms with E-state index in [-0.39, 0.29) is 5.56 Å². The maximum absolute atomic E-state index is 11.6. The first-order chi connectivity index (χ1) is 12.9. The summed E-state index contributed by atoms with van der Waals surface area (Å²) < 4.78 is 5.90. The third-order valence-corrected chi connectivity index (χ3v) is 4.95. The molecule has 2 heterocycles. The number of nitrogens with zero attached hydrogens (tertiary/aromatic N) is 1. The van der Waals surface area contributed by atoms with Crippen LogP contribution < -0.4 is 5.11 Å². The van der Waals surface area contributed by atoms with Crippen LogP contribution >= 0.6 is 23.2 Å². The van der Waals surface area contributed by atoms with Crippen LogP contribution in [0.4, 0.5) is 0 Å². The zero-order valence-corrected chi connectivity index (χ0v) is 15.6. The smallest absolute Gasteiger partial charge is 0.153 e. The molecule has 0 N–H and O–H groups in total. The number of halogens is 2.